The van der Waals surface area contributed by atoms with Crippen LogP contribution in [0.1, 0.15) is 46.5 Å². The first-order chi connectivity index (χ1) is 23.9. The normalized spacial score (nSPS) is 15.4. The number of aromatic nitrogens is 6. The molecule has 0 unspecified atom stereocenters. The fourth-order valence-electron chi connectivity index (χ4n) is 6.01. The van der Waals surface area contributed by atoms with Crippen LogP contribution in [0.25, 0.3) is 11.4 Å². The standard InChI is InChI=1S/C32H34F3N9O5S/c1-4-22-26(41-9-11-42(12-10-41)28(47)25-23(45)16-36-30(38-25)50-3)29(48)44-31(39-27(40-44)19-7-13-49-14-8-19)43(22)17-24(46)37-21-6-5-20(15-18(21)2)32(33,34)35/h5-7,15-16,45H,4,8-14,17H2,1-3H3,(H,37,46). The summed E-state index contributed by atoms with van der Waals surface area (Å²) in [5, 5.41) is 17.9. The minimum absolute atomic E-state index is 0.109. The Morgan fingerprint density at radius 3 is 2.54 bits per heavy atom. The van der Waals surface area contributed by atoms with Gasteiger partial charge in [0.25, 0.3) is 11.5 Å². The van der Waals surface area contributed by atoms with Crippen LogP contribution in [0.2, 0.25) is 0 Å². The number of thioether (sulfide) groups is 1. The molecule has 0 bridgehead atoms. The predicted octanol–water partition coefficient (Wildman–Crippen LogP) is 3.40. The van der Waals surface area contributed by atoms with Gasteiger partial charge < -0.3 is 29.5 Å². The number of aryl methyl sites for hydroxylation is 1. The molecule has 50 heavy (non-hydrogen) atoms. The number of piperazine rings is 1. The molecular weight excluding hydrogens is 679 g/mol. The molecule has 0 spiro atoms. The molecule has 4 aromatic rings. The van der Waals surface area contributed by atoms with Crippen molar-refractivity contribution < 1.29 is 32.6 Å². The summed E-state index contributed by atoms with van der Waals surface area (Å²) < 4.78 is 47.9. The van der Waals surface area contributed by atoms with Crippen molar-refractivity contribution in [2.24, 2.45) is 0 Å². The number of amides is 2. The molecule has 1 fully saturated rings. The lowest BCUT2D eigenvalue weighted by molar-refractivity contribution is -0.137. The molecule has 1 saturated heterocycles. The highest BCUT2D eigenvalue weighted by Crippen LogP contribution is 2.32. The molecule has 2 aliphatic heterocycles. The van der Waals surface area contributed by atoms with E-state index >= 15 is 0 Å². The molecule has 0 aliphatic carbocycles. The zero-order valence-corrected chi connectivity index (χ0v) is 28.3. The number of carbonyl (C=O) groups excluding carboxylic acids is 2. The number of anilines is 2. The van der Waals surface area contributed by atoms with E-state index < -0.39 is 29.1 Å². The van der Waals surface area contributed by atoms with Crippen LogP contribution in [-0.2, 0) is 28.7 Å². The van der Waals surface area contributed by atoms with Crippen LogP contribution >= 0.6 is 11.8 Å². The summed E-state index contributed by atoms with van der Waals surface area (Å²) in [6, 6.07) is 3.08. The summed E-state index contributed by atoms with van der Waals surface area (Å²) in [4.78, 5) is 57.2. The van der Waals surface area contributed by atoms with Crippen molar-refractivity contribution in [1.82, 2.24) is 34.0 Å². The first-order valence-electron chi connectivity index (χ1n) is 15.8. The lowest BCUT2D eigenvalue weighted by Crippen LogP contribution is -2.51. The number of fused-ring (bicyclic) bond motifs is 1. The Bertz CT molecular complexity index is 2060. The van der Waals surface area contributed by atoms with Crippen molar-refractivity contribution >= 4 is 46.3 Å². The average Bonchev–Trinajstić information content (AvgIpc) is 3.56. The number of nitrogens with zero attached hydrogens (tertiary/aromatic N) is 8. The first kappa shape index (κ1) is 34.9. The summed E-state index contributed by atoms with van der Waals surface area (Å²) in [5.74, 6) is -0.886. The maximum Gasteiger partial charge on any atom is 0.416 e. The third-order valence-electron chi connectivity index (χ3n) is 8.56. The summed E-state index contributed by atoms with van der Waals surface area (Å²) in [6.07, 6.45) is 1.10. The van der Waals surface area contributed by atoms with Crippen molar-refractivity contribution in [1.29, 1.82) is 0 Å². The van der Waals surface area contributed by atoms with Gasteiger partial charge in [-0.05, 0) is 55.4 Å². The zero-order valence-electron chi connectivity index (χ0n) is 27.5. The van der Waals surface area contributed by atoms with E-state index in [2.05, 4.69) is 25.4 Å². The minimum atomic E-state index is -4.53. The van der Waals surface area contributed by atoms with Crippen LogP contribution in [0.5, 0.6) is 5.75 Å². The molecule has 0 radical (unpaired) electrons. The van der Waals surface area contributed by atoms with Crippen molar-refractivity contribution in [3.63, 3.8) is 0 Å². The Morgan fingerprint density at radius 1 is 1.14 bits per heavy atom. The number of hydrogen-bond acceptors (Lipinski definition) is 11. The van der Waals surface area contributed by atoms with Gasteiger partial charge in [0, 0.05) is 31.9 Å². The van der Waals surface area contributed by atoms with E-state index in [1.165, 1.54) is 35.8 Å². The highest BCUT2D eigenvalue weighted by atomic mass is 32.2. The molecule has 2 aliphatic rings. The Balaban J connectivity index is 1.34. The molecule has 18 heteroatoms. The van der Waals surface area contributed by atoms with Crippen LogP contribution in [0.3, 0.4) is 0 Å². The summed E-state index contributed by atoms with van der Waals surface area (Å²) in [5.41, 5.74) is 0.647. The highest BCUT2D eigenvalue weighted by molar-refractivity contribution is 7.98. The van der Waals surface area contributed by atoms with Gasteiger partial charge in [-0.15, -0.1) is 5.10 Å². The molecule has 2 N–H and O–H groups in total. The summed E-state index contributed by atoms with van der Waals surface area (Å²) >= 11 is 1.24. The number of aromatic hydroxyl groups is 1. The van der Waals surface area contributed by atoms with E-state index in [0.29, 0.717) is 42.7 Å². The average molecular weight is 714 g/mol. The number of carbonyl (C=O) groups is 2. The SMILES string of the molecule is CCc1c(N2CCN(C(=O)c3nc(SC)ncc3O)CC2)c(=O)n2nc(C3=CCOCC3)nc2n1CC(=O)Nc1ccc(C(F)(F)F)cc1C. The summed E-state index contributed by atoms with van der Waals surface area (Å²) in [6.45, 7) is 4.74. The van der Waals surface area contributed by atoms with Crippen molar-refractivity contribution in [2.45, 2.75) is 44.6 Å². The predicted molar refractivity (Wildman–Crippen MR) is 178 cm³/mol. The number of halogens is 3. The first-order valence-corrected chi connectivity index (χ1v) is 17.0. The monoisotopic (exact) mass is 713 g/mol. The number of alkyl halides is 3. The number of ether oxygens (including phenoxy) is 1. The highest BCUT2D eigenvalue weighted by Gasteiger charge is 2.32. The van der Waals surface area contributed by atoms with Gasteiger partial charge in [-0.2, -0.15) is 22.7 Å². The molecule has 1 aromatic carbocycles. The third kappa shape index (κ3) is 6.89. The van der Waals surface area contributed by atoms with Crippen molar-refractivity contribution in [2.75, 3.05) is 55.9 Å². The van der Waals surface area contributed by atoms with E-state index in [9.17, 15) is 32.7 Å². The molecule has 2 amide bonds. The molecule has 6 rings (SSSR count). The van der Waals surface area contributed by atoms with Gasteiger partial charge in [0.2, 0.25) is 11.7 Å². The van der Waals surface area contributed by atoms with E-state index in [-0.39, 0.29) is 66.9 Å². The quantitative estimate of drug-likeness (QED) is 0.204. The van der Waals surface area contributed by atoms with Crippen LogP contribution < -0.4 is 15.8 Å². The Kier molecular flexibility index (Phi) is 9.84. The molecule has 14 nitrogen and oxygen atoms in total. The maximum absolute atomic E-state index is 14.2. The van der Waals surface area contributed by atoms with Gasteiger partial charge in [-0.25, -0.2) is 9.97 Å². The topological polar surface area (TPSA) is 160 Å². The number of rotatable bonds is 8. The van der Waals surface area contributed by atoms with Crippen LogP contribution in [0.4, 0.5) is 24.5 Å². The van der Waals surface area contributed by atoms with Gasteiger partial charge in [0.1, 0.15) is 12.2 Å². The largest absolute Gasteiger partial charge is 0.504 e. The zero-order chi connectivity index (χ0) is 35.7. The van der Waals surface area contributed by atoms with Gasteiger partial charge in [-0.3, -0.25) is 14.4 Å². The van der Waals surface area contributed by atoms with Crippen molar-refractivity contribution in [3.05, 3.63) is 69.2 Å². The maximum atomic E-state index is 14.2. The minimum Gasteiger partial charge on any atom is -0.504 e. The van der Waals surface area contributed by atoms with E-state index in [1.54, 1.807) is 10.8 Å². The van der Waals surface area contributed by atoms with E-state index in [1.807, 2.05) is 17.9 Å². The smallest absolute Gasteiger partial charge is 0.416 e. The van der Waals surface area contributed by atoms with Gasteiger partial charge in [-0.1, -0.05) is 24.8 Å². The summed E-state index contributed by atoms with van der Waals surface area (Å²) in [7, 11) is 0. The van der Waals surface area contributed by atoms with Gasteiger partial charge in [0.05, 0.1) is 30.7 Å². The van der Waals surface area contributed by atoms with Crippen LogP contribution in [0.15, 0.2) is 40.4 Å². The van der Waals surface area contributed by atoms with Crippen LogP contribution in [-0.4, -0.2) is 96.6 Å². The molecule has 264 valence electrons. The second kappa shape index (κ2) is 14.1. The molecular formula is C32H34F3N9O5S. The Morgan fingerprint density at radius 2 is 1.90 bits per heavy atom. The third-order valence-corrected chi connectivity index (χ3v) is 9.12. The Hall–Kier alpha value is -4.97. The number of hydrogen-bond donors (Lipinski definition) is 2. The fourth-order valence-corrected chi connectivity index (χ4v) is 6.35. The lowest BCUT2D eigenvalue weighted by atomic mass is 10.1. The molecule has 0 atom stereocenters. The van der Waals surface area contributed by atoms with E-state index in [4.69, 9.17) is 4.74 Å². The molecule has 5 heterocycles. The second-order valence-electron chi connectivity index (χ2n) is 11.7. The van der Waals surface area contributed by atoms with Crippen LogP contribution in [0, 0.1) is 6.92 Å². The van der Waals surface area contributed by atoms with Gasteiger partial charge >= 0.3 is 6.18 Å². The van der Waals surface area contributed by atoms with Crippen molar-refractivity contribution in [3.8, 4) is 5.75 Å². The number of benzene rings is 1. The second-order valence-corrected chi connectivity index (χ2v) is 12.5. The molecule has 0 saturated carbocycles. The lowest BCUT2D eigenvalue weighted by Gasteiger charge is -2.36. The van der Waals surface area contributed by atoms with E-state index in [0.717, 1.165) is 22.2 Å². The fraction of sp³-hybridized carbons (Fsp3) is 0.406. The molecule has 3 aromatic heterocycles. The Labute approximate surface area is 288 Å². The number of nitrogens with one attached hydrogen (secondary N) is 1. The van der Waals surface area contributed by atoms with Gasteiger partial charge in [0.15, 0.2) is 22.4 Å².